The second-order valence-electron chi connectivity index (χ2n) is 8.88. The number of aromatic amines is 1. The van der Waals surface area contributed by atoms with Gasteiger partial charge in [0.2, 0.25) is 5.91 Å². The Hall–Kier alpha value is -2.41. The number of amides is 1. The molecule has 7 heteroatoms. The Morgan fingerprint density at radius 3 is 2.68 bits per heavy atom. The van der Waals surface area contributed by atoms with Crippen LogP contribution >= 0.6 is 12.2 Å². The van der Waals surface area contributed by atoms with Gasteiger partial charge in [-0.3, -0.25) is 9.89 Å². The van der Waals surface area contributed by atoms with Crippen LogP contribution in [0.2, 0.25) is 0 Å². The van der Waals surface area contributed by atoms with Gasteiger partial charge in [0.15, 0.2) is 4.77 Å². The van der Waals surface area contributed by atoms with Crippen LogP contribution in [0.3, 0.4) is 0 Å². The van der Waals surface area contributed by atoms with E-state index >= 15 is 0 Å². The SMILES string of the molecule is CC(C)n1c(C2CCN(C(=O)C=Cc3cccc(OC4CCCC4)c3)CC2)n[nH]c1=S. The Morgan fingerprint density at radius 2 is 1.97 bits per heavy atom. The van der Waals surface area contributed by atoms with Crippen LogP contribution < -0.4 is 4.74 Å². The highest BCUT2D eigenvalue weighted by atomic mass is 32.1. The molecule has 2 aromatic rings. The smallest absolute Gasteiger partial charge is 0.246 e. The van der Waals surface area contributed by atoms with Crippen LogP contribution in [0.4, 0.5) is 0 Å². The lowest BCUT2D eigenvalue weighted by molar-refractivity contribution is -0.127. The van der Waals surface area contributed by atoms with Crippen molar-refractivity contribution in [1.82, 2.24) is 19.7 Å². The second kappa shape index (κ2) is 9.81. The molecule has 1 saturated heterocycles. The van der Waals surface area contributed by atoms with Crippen LogP contribution in [0.5, 0.6) is 5.75 Å². The average molecular weight is 441 g/mol. The number of nitrogens with one attached hydrogen (secondary N) is 1. The first-order valence-corrected chi connectivity index (χ1v) is 11.8. The number of benzene rings is 1. The number of carbonyl (C=O) groups excluding carboxylic acids is 1. The third-order valence-corrected chi connectivity index (χ3v) is 6.59. The van der Waals surface area contributed by atoms with E-state index in [0.717, 1.165) is 55.9 Å². The minimum absolute atomic E-state index is 0.0586. The number of piperidine rings is 1. The van der Waals surface area contributed by atoms with Gasteiger partial charge in [-0.05, 0) is 88.4 Å². The molecule has 1 aliphatic heterocycles. The Morgan fingerprint density at radius 1 is 1.23 bits per heavy atom. The molecular formula is C24H32N4O2S. The lowest BCUT2D eigenvalue weighted by Crippen LogP contribution is -2.37. The summed E-state index contributed by atoms with van der Waals surface area (Å²) in [5.41, 5.74) is 0.992. The Balaban J connectivity index is 1.33. The van der Waals surface area contributed by atoms with Crippen molar-refractivity contribution in [2.24, 2.45) is 0 Å². The maximum Gasteiger partial charge on any atom is 0.246 e. The lowest BCUT2D eigenvalue weighted by Gasteiger charge is -2.31. The van der Waals surface area contributed by atoms with E-state index in [4.69, 9.17) is 17.0 Å². The molecule has 0 unspecified atom stereocenters. The third kappa shape index (κ3) is 5.26. The highest BCUT2D eigenvalue weighted by Gasteiger charge is 2.27. The number of nitrogens with zero attached hydrogens (tertiary/aromatic N) is 3. The number of hydrogen-bond donors (Lipinski definition) is 1. The maximum atomic E-state index is 12.7. The molecule has 2 fully saturated rings. The molecule has 0 radical (unpaired) electrons. The first-order valence-electron chi connectivity index (χ1n) is 11.4. The van der Waals surface area contributed by atoms with Gasteiger partial charge in [0.1, 0.15) is 11.6 Å². The first kappa shape index (κ1) is 21.8. The zero-order valence-corrected chi connectivity index (χ0v) is 19.2. The van der Waals surface area contributed by atoms with Crippen LogP contribution in [-0.2, 0) is 4.79 Å². The number of aromatic nitrogens is 3. The molecule has 1 aromatic heterocycles. The van der Waals surface area contributed by atoms with E-state index in [1.807, 2.05) is 35.2 Å². The van der Waals surface area contributed by atoms with Gasteiger partial charge in [-0.2, -0.15) is 5.10 Å². The van der Waals surface area contributed by atoms with Crippen LogP contribution in [0.25, 0.3) is 6.08 Å². The van der Waals surface area contributed by atoms with Gasteiger partial charge in [0, 0.05) is 31.1 Å². The number of carbonyl (C=O) groups is 1. The predicted octanol–water partition coefficient (Wildman–Crippen LogP) is 5.26. The van der Waals surface area contributed by atoms with Gasteiger partial charge in [0.05, 0.1) is 6.10 Å². The summed E-state index contributed by atoms with van der Waals surface area (Å²) in [6.07, 6.45) is 10.5. The average Bonchev–Trinajstić information content (AvgIpc) is 3.42. The van der Waals surface area contributed by atoms with Crippen LogP contribution in [0.15, 0.2) is 30.3 Å². The third-order valence-electron chi connectivity index (χ3n) is 6.30. The molecule has 1 saturated carbocycles. The predicted molar refractivity (Wildman–Crippen MR) is 125 cm³/mol. The fourth-order valence-corrected chi connectivity index (χ4v) is 4.98. The van der Waals surface area contributed by atoms with E-state index in [2.05, 4.69) is 28.6 Å². The van der Waals surface area contributed by atoms with Crippen LogP contribution in [-0.4, -0.2) is 44.8 Å². The number of hydrogen-bond acceptors (Lipinski definition) is 4. The molecule has 2 aliphatic rings. The highest BCUT2D eigenvalue weighted by Crippen LogP contribution is 2.29. The minimum Gasteiger partial charge on any atom is -0.490 e. The molecule has 1 aromatic carbocycles. The largest absolute Gasteiger partial charge is 0.490 e. The van der Waals surface area contributed by atoms with Gasteiger partial charge in [-0.1, -0.05) is 12.1 Å². The second-order valence-corrected chi connectivity index (χ2v) is 9.27. The fourth-order valence-electron chi connectivity index (χ4n) is 4.63. The summed E-state index contributed by atoms with van der Waals surface area (Å²) in [5.74, 6) is 2.29. The quantitative estimate of drug-likeness (QED) is 0.491. The maximum absolute atomic E-state index is 12.7. The van der Waals surface area contributed by atoms with Crippen molar-refractivity contribution in [2.45, 2.75) is 70.4 Å². The van der Waals surface area contributed by atoms with E-state index in [0.29, 0.717) is 16.8 Å². The van der Waals surface area contributed by atoms with Gasteiger partial charge in [0.25, 0.3) is 0 Å². The van der Waals surface area contributed by atoms with Crippen molar-refractivity contribution in [3.63, 3.8) is 0 Å². The van der Waals surface area contributed by atoms with E-state index in [1.165, 1.54) is 12.8 Å². The molecule has 31 heavy (non-hydrogen) atoms. The molecule has 166 valence electrons. The molecule has 1 aliphatic carbocycles. The highest BCUT2D eigenvalue weighted by molar-refractivity contribution is 7.71. The Bertz CT molecular complexity index is 979. The Kier molecular flexibility index (Phi) is 6.90. The summed E-state index contributed by atoms with van der Waals surface area (Å²) in [5, 5.41) is 7.40. The monoisotopic (exact) mass is 440 g/mol. The molecule has 0 atom stereocenters. The molecule has 2 heterocycles. The standard InChI is InChI=1S/C24H32N4O2S/c1-17(2)28-23(25-26-24(28)31)19-12-14-27(15-13-19)22(29)11-10-18-6-5-9-21(16-18)30-20-7-3-4-8-20/h5-6,9-11,16-17,19-20H,3-4,7-8,12-15H2,1-2H3,(H,26,31). The molecule has 0 bridgehead atoms. The fraction of sp³-hybridized carbons (Fsp3) is 0.542. The molecule has 1 N–H and O–H groups in total. The van der Waals surface area contributed by atoms with Crippen molar-refractivity contribution >= 4 is 24.2 Å². The van der Waals surface area contributed by atoms with Crippen molar-refractivity contribution in [2.75, 3.05) is 13.1 Å². The summed E-state index contributed by atoms with van der Waals surface area (Å²) in [6.45, 7) is 5.70. The summed E-state index contributed by atoms with van der Waals surface area (Å²) in [6, 6.07) is 8.28. The van der Waals surface area contributed by atoms with Gasteiger partial charge in [-0.15, -0.1) is 0 Å². The molecule has 6 nitrogen and oxygen atoms in total. The van der Waals surface area contributed by atoms with E-state index < -0.39 is 0 Å². The number of rotatable bonds is 6. The number of H-pyrrole nitrogens is 1. The molecule has 0 spiro atoms. The lowest BCUT2D eigenvalue weighted by atomic mass is 9.95. The van der Waals surface area contributed by atoms with E-state index in [-0.39, 0.29) is 11.9 Å². The van der Waals surface area contributed by atoms with E-state index in [1.54, 1.807) is 6.08 Å². The van der Waals surface area contributed by atoms with Gasteiger partial charge < -0.3 is 14.2 Å². The van der Waals surface area contributed by atoms with Crippen LogP contribution in [0.1, 0.15) is 75.7 Å². The zero-order chi connectivity index (χ0) is 21.8. The van der Waals surface area contributed by atoms with Crippen molar-refractivity contribution in [3.05, 3.63) is 46.5 Å². The van der Waals surface area contributed by atoms with E-state index in [9.17, 15) is 4.79 Å². The normalized spacial score (nSPS) is 18.4. The number of ether oxygens (including phenoxy) is 1. The van der Waals surface area contributed by atoms with Crippen LogP contribution in [0, 0.1) is 4.77 Å². The van der Waals surface area contributed by atoms with Crippen molar-refractivity contribution < 1.29 is 9.53 Å². The molecule has 4 rings (SSSR count). The minimum atomic E-state index is 0.0586. The molecule has 1 amide bonds. The van der Waals surface area contributed by atoms with Crippen molar-refractivity contribution in [1.29, 1.82) is 0 Å². The van der Waals surface area contributed by atoms with Gasteiger partial charge >= 0.3 is 0 Å². The topological polar surface area (TPSA) is 63.1 Å². The van der Waals surface area contributed by atoms with Crippen molar-refractivity contribution in [3.8, 4) is 5.75 Å². The number of likely N-dealkylation sites (tertiary alicyclic amines) is 1. The zero-order valence-electron chi connectivity index (χ0n) is 18.4. The summed E-state index contributed by atoms with van der Waals surface area (Å²) in [7, 11) is 0. The van der Waals surface area contributed by atoms with Gasteiger partial charge in [-0.25, -0.2) is 0 Å². The Labute approximate surface area is 189 Å². The molecular weight excluding hydrogens is 408 g/mol. The first-order chi connectivity index (χ1) is 15.0. The summed E-state index contributed by atoms with van der Waals surface area (Å²) in [4.78, 5) is 14.6. The summed E-state index contributed by atoms with van der Waals surface area (Å²) >= 11 is 5.38. The summed E-state index contributed by atoms with van der Waals surface area (Å²) < 4.78 is 8.84.